The fraction of sp³-hybridized carbons (Fsp3) is 0.435. The van der Waals surface area contributed by atoms with E-state index in [1.807, 2.05) is 13.0 Å². The Balaban J connectivity index is 1.95. The van der Waals surface area contributed by atoms with Crippen molar-refractivity contribution in [3.8, 4) is 11.1 Å². The largest absolute Gasteiger partial charge is 0.510 e. The molecule has 2 unspecified atom stereocenters. The van der Waals surface area contributed by atoms with E-state index < -0.39 is 26.5 Å². The van der Waals surface area contributed by atoms with Crippen molar-refractivity contribution < 1.29 is 28.5 Å². The lowest BCUT2D eigenvalue weighted by atomic mass is 9.90. The number of halogens is 1. The van der Waals surface area contributed by atoms with Crippen LogP contribution in [0.4, 0.5) is 4.39 Å². The van der Waals surface area contributed by atoms with Gasteiger partial charge in [-0.25, -0.2) is 4.39 Å². The number of carboxylic acids is 1. The third-order valence-corrected chi connectivity index (χ3v) is 6.10. The average molecular weight is 435 g/mol. The first-order valence-corrected chi connectivity index (χ1v) is 11.4. The van der Waals surface area contributed by atoms with Crippen LogP contribution in [0.3, 0.4) is 0 Å². The first kappa shape index (κ1) is 24.1. The van der Waals surface area contributed by atoms with Gasteiger partial charge in [-0.3, -0.25) is 4.79 Å². The first-order chi connectivity index (χ1) is 14.2. The number of rotatable bonds is 11. The maximum absolute atomic E-state index is 13.7. The van der Waals surface area contributed by atoms with Crippen molar-refractivity contribution in [2.45, 2.75) is 52.6 Å². The summed E-state index contributed by atoms with van der Waals surface area (Å²) in [6, 6.07) is 9.41. The summed E-state index contributed by atoms with van der Waals surface area (Å²) in [5, 5.41) is 18.1. The van der Waals surface area contributed by atoms with E-state index in [0.29, 0.717) is 12.0 Å². The number of aliphatic hydroxyl groups is 1. The summed E-state index contributed by atoms with van der Waals surface area (Å²) >= 11 is 0. The van der Waals surface area contributed by atoms with Gasteiger partial charge in [0.05, 0.1) is 6.42 Å². The van der Waals surface area contributed by atoms with Crippen molar-refractivity contribution in [2.75, 3.05) is 12.8 Å². The van der Waals surface area contributed by atoms with E-state index in [4.69, 9.17) is 9.63 Å². The summed E-state index contributed by atoms with van der Waals surface area (Å²) in [7, 11) is -2.08. The Labute approximate surface area is 177 Å². The number of carboxylic acid groups (broad SMARTS) is 1. The second kappa shape index (κ2) is 11.3. The van der Waals surface area contributed by atoms with Crippen LogP contribution >= 0.6 is 8.03 Å². The molecule has 7 heteroatoms. The molecular weight excluding hydrogens is 406 g/mol. The molecular formula is C23H29FO5P+. The normalized spacial score (nSPS) is 12.6. The molecule has 2 aromatic carbocycles. The van der Waals surface area contributed by atoms with E-state index in [1.165, 1.54) is 17.2 Å². The molecule has 162 valence electrons. The lowest BCUT2D eigenvalue weighted by Crippen LogP contribution is -2.15. The fourth-order valence-corrected chi connectivity index (χ4v) is 4.37. The third kappa shape index (κ3) is 7.28. The van der Waals surface area contributed by atoms with E-state index >= 15 is 0 Å². The molecule has 0 saturated heterocycles. The molecule has 0 aliphatic heterocycles. The van der Waals surface area contributed by atoms with Gasteiger partial charge in [0.2, 0.25) is 6.16 Å². The topological polar surface area (TPSA) is 83.8 Å². The van der Waals surface area contributed by atoms with E-state index in [-0.39, 0.29) is 18.6 Å². The molecule has 2 aromatic rings. The monoisotopic (exact) mass is 435 g/mol. The van der Waals surface area contributed by atoms with Crippen LogP contribution in [0, 0.1) is 26.6 Å². The second-order valence-corrected chi connectivity index (χ2v) is 8.92. The molecule has 2 rings (SSSR count). The second-order valence-electron chi connectivity index (χ2n) is 7.63. The van der Waals surface area contributed by atoms with Gasteiger partial charge in [-0.2, -0.15) is 0 Å². The number of aryl methyl sites for hydroxylation is 3. The van der Waals surface area contributed by atoms with Crippen LogP contribution in [0.25, 0.3) is 11.1 Å². The van der Waals surface area contributed by atoms with Crippen molar-refractivity contribution in [3.05, 3.63) is 58.4 Å². The molecule has 0 aromatic heterocycles. The summed E-state index contributed by atoms with van der Waals surface area (Å²) in [6.07, 6.45) is 0.529. The molecule has 5 nitrogen and oxygen atoms in total. The van der Waals surface area contributed by atoms with Crippen molar-refractivity contribution in [2.24, 2.45) is 0 Å². The van der Waals surface area contributed by atoms with Gasteiger partial charge >= 0.3 is 14.0 Å². The summed E-state index contributed by atoms with van der Waals surface area (Å²) in [6.45, 7) is 6.15. The van der Waals surface area contributed by atoms with Crippen LogP contribution in [0.1, 0.15) is 41.5 Å². The highest BCUT2D eigenvalue weighted by Crippen LogP contribution is 2.31. The van der Waals surface area contributed by atoms with Crippen LogP contribution < -0.4 is 0 Å². The maximum Gasteiger partial charge on any atom is 0.510 e. The highest BCUT2D eigenvalue weighted by Gasteiger charge is 2.25. The van der Waals surface area contributed by atoms with Gasteiger partial charge in [0, 0.05) is 0 Å². The standard InChI is InChI=1S/C23H28FO5P/c1-15-10-16(2)20(21(11-15)18-7-8-22(24)17(3)12-18)6-4-5-9-29-30(28)14-19(25)13-23(26)27/h7-8,10-12,19,25H,4-6,9,13-14H2,1-3H3/p+1. The minimum Gasteiger partial charge on any atom is -0.481 e. The predicted molar refractivity (Wildman–Crippen MR) is 116 cm³/mol. The summed E-state index contributed by atoms with van der Waals surface area (Å²) in [5.41, 5.74) is 6.22. The SMILES string of the molecule is Cc1cc(C)c(CCCCO[P+](=O)CC(O)CC(=O)O)c(-c2ccc(F)c(C)c2)c1. The van der Waals surface area contributed by atoms with Crippen molar-refractivity contribution in [3.63, 3.8) is 0 Å². The number of carbonyl (C=O) groups is 1. The highest BCUT2D eigenvalue weighted by molar-refractivity contribution is 7.39. The summed E-state index contributed by atoms with van der Waals surface area (Å²) < 4.78 is 30.7. The Morgan fingerprint density at radius 3 is 2.53 bits per heavy atom. The lowest BCUT2D eigenvalue weighted by molar-refractivity contribution is -0.138. The van der Waals surface area contributed by atoms with Crippen molar-refractivity contribution >= 4 is 14.0 Å². The molecule has 0 radical (unpaired) electrons. The first-order valence-electron chi connectivity index (χ1n) is 10.0. The number of hydrogen-bond donors (Lipinski definition) is 2. The van der Waals surface area contributed by atoms with Gasteiger partial charge < -0.3 is 10.2 Å². The lowest BCUT2D eigenvalue weighted by Gasteiger charge is -2.15. The minimum absolute atomic E-state index is 0.174. The number of aliphatic hydroxyl groups excluding tert-OH is 1. The van der Waals surface area contributed by atoms with Gasteiger partial charge in [-0.05, 0) is 84.5 Å². The molecule has 0 heterocycles. The third-order valence-electron chi connectivity index (χ3n) is 4.91. The molecule has 2 N–H and O–H groups in total. The van der Waals surface area contributed by atoms with E-state index in [0.717, 1.165) is 29.5 Å². The van der Waals surface area contributed by atoms with Crippen LogP contribution in [0.2, 0.25) is 0 Å². The number of unbranched alkanes of at least 4 members (excludes halogenated alkanes) is 1. The Kier molecular flexibility index (Phi) is 9.09. The average Bonchev–Trinajstić information content (AvgIpc) is 2.64. The zero-order valence-electron chi connectivity index (χ0n) is 17.7. The minimum atomic E-state index is -2.08. The Morgan fingerprint density at radius 2 is 1.87 bits per heavy atom. The maximum atomic E-state index is 13.7. The molecule has 0 aliphatic carbocycles. The smallest absolute Gasteiger partial charge is 0.481 e. The van der Waals surface area contributed by atoms with Gasteiger partial charge in [0.15, 0.2) is 0 Å². The molecule has 0 aliphatic rings. The molecule has 0 spiro atoms. The molecule has 0 saturated carbocycles. The van der Waals surface area contributed by atoms with Crippen molar-refractivity contribution in [1.82, 2.24) is 0 Å². The quantitative estimate of drug-likeness (QED) is 0.368. The van der Waals surface area contributed by atoms with Crippen molar-refractivity contribution in [1.29, 1.82) is 0 Å². The van der Waals surface area contributed by atoms with Gasteiger partial charge in [-0.1, -0.05) is 23.8 Å². The Bertz CT molecular complexity index is 913. The zero-order chi connectivity index (χ0) is 22.3. The van der Waals surface area contributed by atoms with Gasteiger partial charge in [0.1, 0.15) is 18.5 Å². The van der Waals surface area contributed by atoms with E-state index in [2.05, 4.69) is 19.1 Å². The van der Waals surface area contributed by atoms with Gasteiger partial charge in [-0.15, -0.1) is 4.52 Å². The number of benzene rings is 2. The molecule has 0 bridgehead atoms. The molecule has 30 heavy (non-hydrogen) atoms. The van der Waals surface area contributed by atoms with E-state index in [1.54, 1.807) is 13.0 Å². The van der Waals surface area contributed by atoms with E-state index in [9.17, 15) is 18.9 Å². The Hall–Kier alpha value is -2.14. The molecule has 0 fully saturated rings. The predicted octanol–water partition coefficient (Wildman–Crippen LogP) is 5.34. The molecule has 2 atom stereocenters. The summed E-state index contributed by atoms with van der Waals surface area (Å²) in [4.78, 5) is 10.5. The highest BCUT2D eigenvalue weighted by atomic mass is 31.1. The Morgan fingerprint density at radius 1 is 1.13 bits per heavy atom. The number of aliphatic carboxylic acids is 1. The zero-order valence-corrected chi connectivity index (χ0v) is 18.5. The van der Waals surface area contributed by atoms with Crippen LogP contribution in [-0.2, 0) is 20.3 Å². The van der Waals surface area contributed by atoms with Gasteiger partial charge in [0.25, 0.3) is 0 Å². The summed E-state index contributed by atoms with van der Waals surface area (Å²) in [5.74, 6) is -1.35. The van der Waals surface area contributed by atoms with Crippen LogP contribution in [0.15, 0.2) is 30.3 Å². The number of hydrogen-bond acceptors (Lipinski definition) is 4. The van der Waals surface area contributed by atoms with Crippen LogP contribution in [-0.4, -0.2) is 35.1 Å². The van der Waals surface area contributed by atoms with Crippen LogP contribution in [0.5, 0.6) is 0 Å². The molecule has 0 amide bonds. The fourth-order valence-electron chi connectivity index (χ4n) is 3.46.